The molecule has 0 radical (unpaired) electrons. The lowest BCUT2D eigenvalue weighted by Crippen LogP contribution is -1.93. The molecule has 0 atom stereocenters. The largest absolute Gasteiger partial charge is 0.457 e. The van der Waals surface area contributed by atoms with E-state index in [0.717, 1.165) is 17.2 Å². The highest BCUT2D eigenvalue weighted by molar-refractivity contribution is 5.71. The first kappa shape index (κ1) is 12.2. The van der Waals surface area contributed by atoms with E-state index >= 15 is 0 Å². The van der Waals surface area contributed by atoms with Crippen molar-refractivity contribution < 1.29 is 9.53 Å². The summed E-state index contributed by atoms with van der Waals surface area (Å²) in [5.41, 5.74) is 3.19. The number of rotatable bonds is 4. The van der Waals surface area contributed by atoms with Crippen LogP contribution < -0.4 is 10.1 Å². The van der Waals surface area contributed by atoms with Crippen molar-refractivity contribution in [2.75, 3.05) is 5.32 Å². The Morgan fingerprint density at radius 2 is 1.61 bits per heavy atom. The number of hydrogen-bond donors (Lipinski definition) is 1. The van der Waals surface area contributed by atoms with Gasteiger partial charge >= 0.3 is 0 Å². The molecule has 0 unspecified atom stereocenters. The number of amides is 1. The molecule has 0 aliphatic rings. The summed E-state index contributed by atoms with van der Waals surface area (Å²) >= 11 is 0. The van der Waals surface area contributed by atoms with E-state index in [2.05, 4.69) is 19.2 Å². The molecule has 0 bridgehead atoms. The van der Waals surface area contributed by atoms with Gasteiger partial charge in [-0.05, 0) is 61.4 Å². The Hall–Kier alpha value is -2.29. The van der Waals surface area contributed by atoms with Gasteiger partial charge in [0.15, 0.2) is 0 Å². The van der Waals surface area contributed by atoms with Gasteiger partial charge in [-0.1, -0.05) is 6.07 Å². The first-order valence-electron chi connectivity index (χ1n) is 5.74. The van der Waals surface area contributed by atoms with Crippen molar-refractivity contribution in [1.29, 1.82) is 0 Å². The fourth-order valence-corrected chi connectivity index (χ4v) is 1.60. The maximum absolute atomic E-state index is 10.3. The minimum atomic E-state index is 0.652. The summed E-state index contributed by atoms with van der Waals surface area (Å²) in [6.45, 7) is 4.12. The summed E-state index contributed by atoms with van der Waals surface area (Å²) in [6.07, 6.45) is 0.652. The Kier molecular flexibility index (Phi) is 3.63. The molecule has 0 aromatic heterocycles. The molecule has 2 aromatic rings. The van der Waals surface area contributed by atoms with Gasteiger partial charge in [-0.25, -0.2) is 0 Å². The Labute approximate surface area is 106 Å². The van der Waals surface area contributed by atoms with E-state index in [0.29, 0.717) is 6.41 Å². The van der Waals surface area contributed by atoms with Crippen molar-refractivity contribution in [1.82, 2.24) is 0 Å². The van der Waals surface area contributed by atoms with Crippen molar-refractivity contribution >= 4 is 12.1 Å². The summed E-state index contributed by atoms with van der Waals surface area (Å²) in [5, 5.41) is 2.58. The van der Waals surface area contributed by atoms with Gasteiger partial charge in [0.1, 0.15) is 11.5 Å². The van der Waals surface area contributed by atoms with Gasteiger partial charge in [-0.2, -0.15) is 0 Å². The highest BCUT2D eigenvalue weighted by Gasteiger charge is 1.99. The molecule has 0 fully saturated rings. The van der Waals surface area contributed by atoms with E-state index in [1.807, 2.05) is 30.3 Å². The van der Waals surface area contributed by atoms with E-state index in [4.69, 9.17) is 4.74 Å². The van der Waals surface area contributed by atoms with E-state index in [-0.39, 0.29) is 0 Å². The SMILES string of the molecule is Cc1ccc(Oc2ccc(NC=O)cc2)cc1C. The van der Waals surface area contributed by atoms with E-state index in [1.165, 1.54) is 11.1 Å². The van der Waals surface area contributed by atoms with Gasteiger partial charge in [0.05, 0.1) is 0 Å². The van der Waals surface area contributed by atoms with Crippen molar-refractivity contribution in [2.24, 2.45) is 0 Å². The fourth-order valence-electron chi connectivity index (χ4n) is 1.60. The summed E-state index contributed by atoms with van der Waals surface area (Å²) < 4.78 is 5.73. The number of carbonyl (C=O) groups is 1. The van der Waals surface area contributed by atoms with Gasteiger partial charge in [0.25, 0.3) is 0 Å². The number of anilines is 1. The van der Waals surface area contributed by atoms with Crippen LogP contribution >= 0.6 is 0 Å². The van der Waals surface area contributed by atoms with Gasteiger partial charge in [0, 0.05) is 5.69 Å². The van der Waals surface area contributed by atoms with Crippen LogP contribution in [0.1, 0.15) is 11.1 Å². The Morgan fingerprint density at radius 3 is 2.22 bits per heavy atom. The Balaban J connectivity index is 2.13. The van der Waals surface area contributed by atoms with Crippen molar-refractivity contribution in [3.63, 3.8) is 0 Å². The van der Waals surface area contributed by atoms with E-state index in [9.17, 15) is 4.79 Å². The normalized spacial score (nSPS) is 9.89. The zero-order valence-corrected chi connectivity index (χ0v) is 10.4. The lowest BCUT2D eigenvalue weighted by molar-refractivity contribution is -0.105. The maximum Gasteiger partial charge on any atom is 0.211 e. The van der Waals surface area contributed by atoms with Crippen LogP contribution in [0.15, 0.2) is 42.5 Å². The summed E-state index contributed by atoms with van der Waals surface area (Å²) in [7, 11) is 0. The molecule has 3 heteroatoms. The molecule has 92 valence electrons. The lowest BCUT2D eigenvalue weighted by atomic mass is 10.1. The van der Waals surface area contributed by atoms with E-state index < -0.39 is 0 Å². The van der Waals surface area contributed by atoms with Crippen LogP contribution in [0.3, 0.4) is 0 Å². The molecule has 1 N–H and O–H groups in total. The summed E-state index contributed by atoms with van der Waals surface area (Å²) in [6, 6.07) is 13.2. The highest BCUT2D eigenvalue weighted by atomic mass is 16.5. The topological polar surface area (TPSA) is 38.3 Å². The molecule has 0 saturated heterocycles. The minimum absolute atomic E-state index is 0.652. The molecule has 18 heavy (non-hydrogen) atoms. The molecule has 2 aromatic carbocycles. The van der Waals surface area contributed by atoms with Crippen LogP contribution in [-0.2, 0) is 4.79 Å². The van der Waals surface area contributed by atoms with Gasteiger partial charge < -0.3 is 10.1 Å². The van der Waals surface area contributed by atoms with Gasteiger partial charge in [-0.3, -0.25) is 4.79 Å². The molecule has 1 amide bonds. The van der Waals surface area contributed by atoms with Crippen molar-refractivity contribution in [3.8, 4) is 11.5 Å². The van der Waals surface area contributed by atoms with Crippen molar-refractivity contribution in [3.05, 3.63) is 53.6 Å². The molecular formula is C15H15NO2. The molecule has 2 rings (SSSR count). The second kappa shape index (κ2) is 5.36. The van der Waals surface area contributed by atoms with Crippen LogP contribution in [0.2, 0.25) is 0 Å². The molecule has 0 aliphatic heterocycles. The second-order valence-corrected chi connectivity index (χ2v) is 4.13. The average molecular weight is 241 g/mol. The lowest BCUT2D eigenvalue weighted by Gasteiger charge is -2.08. The maximum atomic E-state index is 10.3. The second-order valence-electron chi connectivity index (χ2n) is 4.13. The number of aryl methyl sites for hydroxylation is 2. The predicted molar refractivity (Wildman–Crippen MR) is 72.1 cm³/mol. The van der Waals surface area contributed by atoms with Gasteiger partial charge in [-0.15, -0.1) is 0 Å². The number of nitrogens with one attached hydrogen (secondary N) is 1. The number of benzene rings is 2. The standard InChI is InChI=1S/C15H15NO2/c1-11-3-6-15(9-12(11)2)18-14-7-4-13(5-8-14)16-10-17/h3-10H,1-2H3,(H,16,17). The Bertz CT molecular complexity index is 547. The molecule has 0 heterocycles. The first-order chi connectivity index (χ1) is 8.69. The quantitative estimate of drug-likeness (QED) is 0.829. The van der Waals surface area contributed by atoms with Crippen LogP contribution in [0.5, 0.6) is 11.5 Å². The third kappa shape index (κ3) is 2.88. The van der Waals surface area contributed by atoms with E-state index in [1.54, 1.807) is 12.1 Å². The van der Waals surface area contributed by atoms with Crippen molar-refractivity contribution in [2.45, 2.75) is 13.8 Å². The first-order valence-corrected chi connectivity index (χ1v) is 5.74. The van der Waals surface area contributed by atoms with Crippen LogP contribution in [0.4, 0.5) is 5.69 Å². The molecule has 0 aliphatic carbocycles. The van der Waals surface area contributed by atoms with Gasteiger partial charge in [0.2, 0.25) is 6.41 Å². The zero-order chi connectivity index (χ0) is 13.0. The molecule has 3 nitrogen and oxygen atoms in total. The Morgan fingerprint density at radius 1 is 0.944 bits per heavy atom. The third-order valence-corrected chi connectivity index (χ3v) is 2.79. The molecular weight excluding hydrogens is 226 g/mol. The molecule has 0 spiro atoms. The minimum Gasteiger partial charge on any atom is -0.457 e. The van der Waals surface area contributed by atoms with Crippen LogP contribution in [0, 0.1) is 13.8 Å². The number of ether oxygens (including phenoxy) is 1. The summed E-state index contributed by atoms with van der Waals surface area (Å²) in [5.74, 6) is 1.56. The molecule has 0 saturated carbocycles. The van der Waals surface area contributed by atoms with Crippen LogP contribution in [-0.4, -0.2) is 6.41 Å². The smallest absolute Gasteiger partial charge is 0.211 e. The number of carbonyl (C=O) groups excluding carboxylic acids is 1. The summed E-state index contributed by atoms with van der Waals surface area (Å²) in [4.78, 5) is 10.3. The monoisotopic (exact) mass is 241 g/mol. The van der Waals surface area contributed by atoms with Crippen LogP contribution in [0.25, 0.3) is 0 Å². The average Bonchev–Trinajstić information content (AvgIpc) is 2.37. The zero-order valence-electron chi connectivity index (χ0n) is 10.4. The predicted octanol–water partition coefficient (Wildman–Crippen LogP) is 3.66. The number of hydrogen-bond acceptors (Lipinski definition) is 2. The highest BCUT2D eigenvalue weighted by Crippen LogP contribution is 2.24. The third-order valence-electron chi connectivity index (χ3n) is 2.79. The fraction of sp³-hybridized carbons (Fsp3) is 0.133.